The smallest absolute Gasteiger partial charge is 0.198 e. The first-order valence-corrected chi connectivity index (χ1v) is 6.24. The maximum absolute atomic E-state index is 12.3. The molecule has 0 fully saturated rings. The average Bonchev–Trinajstić information content (AvgIpc) is 2.40. The molecule has 19 heavy (non-hydrogen) atoms. The second-order valence-corrected chi connectivity index (χ2v) is 5.03. The lowest BCUT2D eigenvalue weighted by molar-refractivity contribution is 0.0974. The first-order valence-electron chi connectivity index (χ1n) is 5.45. The highest BCUT2D eigenvalue weighted by Gasteiger charge is 2.35. The number of rotatable bonds is 0. The van der Waals surface area contributed by atoms with Gasteiger partial charge in [-0.2, -0.15) is 0 Å². The summed E-state index contributed by atoms with van der Waals surface area (Å²) >= 11 is 3.04. The Hall–Kier alpha value is -2.14. The molecule has 0 radical (unpaired) electrons. The van der Waals surface area contributed by atoms with Crippen molar-refractivity contribution in [2.24, 2.45) is 0 Å². The fraction of sp³-hybridized carbons (Fsp3) is 0. The second-order valence-electron chi connectivity index (χ2n) is 4.18. The van der Waals surface area contributed by atoms with E-state index in [4.69, 9.17) is 0 Å². The van der Waals surface area contributed by atoms with Crippen LogP contribution in [-0.4, -0.2) is 21.8 Å². The molecular weight excluding hydrogens is 312 g/mol. The minimum absolute atomic E-state index is 0.149. The zero-order valence-corrected chi connectivity index (χ0v) is 11.1. The molecule has 0 aromatic heterocycles. The third kappa shape index (κ3) is 1.51. The monoisotopic (exact) mass is 318 g/mol. The van der Waals surface area contributed by atoms with Crippen LogP contribution in [0.1, 0.15) is 31.8 Å². The number of phenols is 2. The van der Waals surface area contributed by atoms with Gasteiger partial charge in [0.1, 0.15) is 11.5 Å². The van der Waals surface area contributed by atoms with Gasteiger partial charge in [-0.3, -0.25) is 9.59 Å². The highest BCUT2D eigenvalue weighted by molar-refractivity contribution is 9.10. The summed E-state index contributed by atoms with van der Waals surface area (Å²) < 4.78 is 0.171. The van der Waals surface area contributed by atoms with Gasteiger partial charge in [-0.25, -0.2) is 0 Å². The molecule has 0 bridgehead atoms. The van der Waals surface area contributed by atoms with E-state index in [-0.39, 0.29) is 38.2 Å². The van der Waals surface area contributed by atoms with E-state index < -0.39 is 11.6 Å². The maximum atomic E-state index is 12.3. The Kier molecular flexibility index (Phi) is 2.46. The van der Waals surface area contributed by atoms with Gasteiger partial charge in [0.25, 0.3) is 0 Å². The van der Waals surface area contributed by atoms with Crippen molar-refractivity contribution in [3.63, 3.8) is 0 Å². The summed E-state index contributed by atoms with van der Waals surface area (Å²) in [7, 11) is 0. The number of halogens is 1. The van der Waals surface area contributed by atoms with E-state index in [2.05, 4.69) is 15.9 Å². The van der Waals surface area contributed by atoms with Crippen LogP contribution in [0.2, 0.25) is 0 Å². The number of hydrogen-bond donors (Lipinski definition) is 2. The standard InChI is InChI=1S/C14H7BrO4/c15-8-5-9(16)10-11(14(8)19)13(18)7-4-2-1-3-6(7)12(10)17/h1-5,16,19H. The van der Waals surface area contributed by atoms with Crippen molar-refractivity contribution in [3.8, 4) is 11.5 Å². The molecule has 3 rings (SSSR count). The van der Waals surface area contributed by atoms with Gasteiger partial charge in [-0.1, -0.05) is 24.3 Å². The second kappa shape index (κ2) is 3.93. The van der Waals surface area contributed by atoms with E-state index in [0.29, 0.717) is 0 Å². The molecule has 94 valence electrons. The highest BCUT2D eigenvalue weighted by atomic mass is 79.9. The minimum atomic E-state index is -0.473. The van der Waals surface area contributed by atoms with Crippen LogP contribution in [0, 0.1) is 0 Å². The molecule has 0 saturated carbocycles. The maximum Gasteiger partial charge on any atom is 0.198 e. The molecule has 1 aliphatic rings. The number of phenolic OH excluding ortho intramolecular Hbond substituents is 2. The number of ketones is 2. The SMILES string of the molecule is O=C1c2ccccc2C(=O)c2c(O)c(Br)cc(O)c21. The summed E-state index contributed by atoms with van der Waals surface area (Å²) in [5.74, 6) is -1.60. The molecule has 0 aliphatic heterocycles. The number of aromatic hydroxyl groups is 2. The van der Waals surface area contributed by atoms with Gasteiger partial charge in [0.05, 0.1) is 15.6 Å². The van der Waals surface area contributed by atoms with Gasteiger partial charge in [0.2, 0.25) is 0 Å². The van der Waals surface area contributed by atoms with Gasteiger partial charge in [-0.05, 0) is 22.0 Å². The number of carbonyl (C=O) groups is 2. The summed E-state index contributed by atoms with van der Waals surface area (Å²) in [4.78, 5) is 24.6. The Morgan fingerprint density at radius 3 is 2.00 bits per heavy atom. The van der Waals surface area contributed by atoms with E-state index in [1.54, 1.807) is 12.1 Å². The molecular formula is C14H7BrO4. The molecule has 2 aromatic rings. The molecule has 0 spiro atoms. The summed E-state index contributed by atoms with van der Waals surface area (Å²) in [6.07, 6.45) is 0. The highest BCUT2D eigenvalue weighted by Crippen LogP contribution is 2.41. The lowest BCUT2D eigenvalue weighted by Crippen LogP contribution is -2.21. The Morgan fingerprint density at radius 2 is 1.42 bits per heavy atom. The fourth-order valence-corrected chi connectivity index (χ4v) is 2.64. The first kappa shape index (κ1) is 11.9. The van der Waals surface area contributed by atoms with Crippen molar-refractivity contribution in [1.82, 2.24) is 0 Å². The molecule has 4 nitrogen and oxygen atoms in total. The van der Waals surface area contributed by atoms with Gasteiger partial charge in [-0.15, -0.1) is 0 Å². The van der Waals surface area contributed by atoms with Crippen LogP contribution in [-0.2, 0) is 0 Å². The molecule has 1 aliphatic carbocycles. The predicted octanol–water partition coefficient (Wildman–Crippen LogP) is 2.64. The Labute approximate surface area is 116 Å². The summed E-state index contributed by atoms with van der Waals surface area (Å²) in [5, 5.41) is 19.8. The Morgan fingerprint density at radius 1 is 0.895 bits per heavy atom. The van der Waals surface area contributed by atoms with Crippen LogP contribution in [0.5, 0.6) is 11.5 Å². The summed E-state index contributed by atoms with van der Waals surface area (Å²) in [6.45, 7) is 0. The number of benzene rings is 2. The van der Waals surface area contributed by atoms with Crippen LogP contribution < -0.4 is 0 Å². The van der Waals surface area contributed by atoms with Crippen LogP contribution in [0.4, 0.5) is 0 Å². The van der Waals surface area contributed by atoms with Crippen molar-refractivity contribution in [1.29, 1.82) is 0 Å². The molecule has 5 heteroatoms. The van der Waals surface area contributed by atoms with Crippen LogP contribution in [0.3, 0.4) is 0 Å². The molecule has 2 aromatic carbocycles. The Bertz CT molecular complexity index is 749. The van der Waals surface area contributed by atoms with Gasteiger partial charge in [0, 0.05) is 11.1 Å². The quantitative estimate of drug-likeness (QED) is 0.625. The van der Waals surface area contributed by atoms with Gasteiger partial charge in [0.15, 0.2) is 11.6 Å². The van der Waals surface area contributed by atoms with Crippen LogP contribution >= 0.6 is 15.9 Å². The number of hydrogen-bond acceptors (Lipinski definition) is 4. The lowest BCUT2D eigenvalue weighted by Gasteiger charge is -2.19. The van der Waals surface area contributed by atoms with E-state index in [1.165, 1.54) is 18.2 Å². The van der Waals surface area contributed by atoms with E-state index in [9.17, 15) is 19.8 Å². The lowest BCUT2D eigenvalue weighted by atomic mass is 9.83. The Balaban J connectivity index is 2.43. The summed E-state index contributed by atoms with van der Waals surface area (Å²) in [6, 6.07) is 7.54. The average molecular weight is 319 g/mol. The third-order valence-corrected chi connectivity index (χ3v) is 3.71. The molecule has 0 saturated heterocycles. The molecule has 0 amide bonds. The molecule has 0 unspecified atom stereocenters. The zero-order valence-electron chi connectivity index (χ0n) is 9.48. The largest absolute Gasteiger partial charge is 0.507 e. The molecule has 2 N–H and O–H groups in total. The number of carbonyl (C=O) groups excluding carboxylic acids is 2. The zero-order chi connectivity index (χ0) is 13.7. The minimum Gasteiger partial charge on any atom is -0.507 e. The van der Waals surface area contributed by atoms with Crippen molar-refractivity contribution in [2.75, 3.05) is 0 Å². The van der Waals surface area contributed by atoms with Crippen LogP contribution in [0.25, 0.3) is 0 Å². The van der Waals surface area contributed by atoms with Gasteiger partial charge >= 0.3 is 0 Å². The topological polar surface area (TPSA) is 74.6 Å². The van der Waals surface area contributed by atoms with Crippen LogP contribution in [0.15, 0.2) is 34.8 Å². The van der Waals surface area contributed by atoms with Crippen molar-refractivity contribution >= 4 is 27.5 Å². The fourth-order valence-electron chi connectivity index (χ4n) is 2.23. The molecule has 0 heterocycles. The third-order valence-electron chi connectivity index (χ3n) is 3.10. The molecule has 0 atom stereocenters. The van der Waals surface area contributed by atoms with Crippen molar-refractivity contribution < 1.29 is 19.8 Å². The van der Waals surface area contributed by atoms with Crippen molar-refractivity contribution in [2.45, 2.75) is 0 Å². The van der Waals surface area contributed by atoms with E-state index >= 15 is 0 Å². The first-order chi connectivity index (χ1) is 9.02. The number of fused-ring (bicyclic) bond motifs is 2. The summed E-state index contributed by atoms with van der Waals surface area (Å²) in [5.41, 5.74) is 0.157. The van der Waals surface area contributed by atoms with Crippen molar-refractivity contribution in [3.05, 3.63) is 57.1 Å². The van der Waals surface area contributed by atoms with Gasteiger partial charge < -0.3 is 10.2 Å². The van der Waals surface area contributed by atoms with E-state index in [0.717, 1.165) is 0 Å². The van der Waals surface area contributed by atoms with E-state index in [1.807, 2.05) is 0 Å². The predicted molar refractivity (Wildman–Crippen MR) is 70.8 cm³/mol. The normalized spacial score (nSPS) is 13.1.